The average Bonchev–Trinajstić information content (AvgIpc) is 3.04. The van der Waals surface area contributed by atoms with Gasteiger partial charge in [-0.25, -0.2) is 18.5 Å². The Morgan fingerprint density at radius 2 is 1.81 bits per heavy atom. The first-order valence-electron chi connectivity index (χ1n) is 9.48. The Hall–Kier alpha value is -3.27. The third-order valence-electron chi connectivity index (χ3n) is 4.60. The van der Waals surface area contributed by atoms with E-state index in [1.165, 1.54) is 13.8 Å². The molecular formula is C21H19ClF3N3O4. The topological polar surface area (TPSA) is 75.4 Å². The number of aromatic nitrogens is 3. The molecule has 3 rings (SSSR count). The van der Waals surface area contributed by atoms with E-state index in [-0.39, 0.29) is 21.2 Å². The van der Waals surface area contributed by atoms with Crippen LogP contribution in [0.5, 0.6) is 5.75 Å². The highest BCUT2D eigenvalue weighted by Crippen LogP contribution is 2.30. The normalized spacial score (nSPS) is 13.1. The highest BCUT2D eigenvalue weighted by atomic mass is 35.5. The van der Waals surface area contributed by atoms with Crippen LogP contribution in [-0.4, -0.2) is 26.4 Å². The number of carbonyl (C=O) groups excluding carboxylic acids is 1. The Bertz CT molecular complexity index is 1180. The van der Waals surface area contributed by atoms with E-state index in [0.717, 1.165) is 17.7 Å². The molecule has 0 aliphatic rings. The van der Waals surface area contributed by atoms with Crippen LogP contribution in [0.4, 0.5) is 13.2 Å². The lowest BCUT2D eigenvalue weighted by Crippen LogP contribution is -2.28. The molecule has 170 valence electrons. The van der Waals surface area contributed by atoms with Crippen molar-refractivity contribution in [2.24, 2.45) is 0 Å². The maximum Gasteiger partial charge on any atom is 0.355 e. The minimum atomic E-state index is -3.15. The van der Waals surface area contributed by atoms with Gasteiger partial charge in [0.25, 0.3) is 0 Å². The number of ether oxygens (including phenoxy) is 2. The molecule has 0 amide bonds. The summed E-state index contributed by atoms with van der Waals surface area (Å²) in [6.45, 7) is 1.13. The summed E-state index contributed by atoms with van der Waals surface area (Å²) in [7, 11) is 0. The van der Waals surface area contributed by atoms with Crippen molar-refractivity contribution in [3.05, 3.63) is 75.2 Å². The number of halogens is 4. The van der Waals surface area contributed by atoms with E-state index in [1.807, 2.05) is 6.07 Å². The fourth-order valence-corrected chi connectivity index (χ4v) is 3.12. The van der Waals surface area contributed by atoms with Gasteiger partial charge in [-0.1, -0.05) is 41.9 Å². The minimum absolute atomic E-state index is 0.111. The molecule has 0 fully saturated rings. The van der Waals surface area contributed by atoms with Crippen molar-refractivity contribution in [2.75, 3.05) is 0 Å². The summed E-state index contributed by atoms with van der Waals surface area (Å²) >= 11 is 6.02. The number of hydrogen-bond acceptors (Lipinski definition) is 5. The number of aryl methyl sites for hydroxylation is 1. The quantitative estimate of drug-likeness (QED) is 0.473. The highest BCUT2D eigenvalue weighted by Gasteiger charge is 2.24. The number of esters is 1. The molecule has 11 heteroatoms. The summed E-state index contributed by atoms with van der Waals surface area (Å²) in [5, 5.41) is 3.48. The Balaban J connectivity index is 1.84. The first-order chi connectivity index (χ1) is 15.1. The molecule has 3 aromatic rings. The van der Waals surface area contributed by atoms with Gasteiger partial charge in [-0.3, -0.25) is 0 Å². The molecule has 0 radical (unpaired) electrons. The molecule has 1 heterocycles. The second-order valence-electron chi connectivity index (χ2n) is 6.87. The van der Waals surface area contributed by atoms with E-state index in [2.05, 4.69) is 5.10 Å². The maximum absolute atomic E-state index is 14.5. The van der Waals surface area contributed by atoms with Gasteiger partial charge < -0.3 is 9.47 Å². The largest absolute Gasteiger partial charge is 0.477 e. The maximum atomic E-state index is 14.5. The fourth-order valence-electron chi connectivity index (χ4n) is 2.93. The summed E-state index contributed by atoms with van der Waals surface area (Å²) in [5.41, 5.74) is -0.927. The van der Waals surface area contributed by atoms with Crippen molar-refractivity contribution in [1.29, 1.82) is 0 Å². The lowest BCUT2D eigenvalue weighted by Gasteiger charge is -2.19. The number of benzene rings is 2. The third-order valence-corrected chi connectivity index (χ3v) is 4.90. The molecule has 0 aliphatic carbocycles. The van der Waals surface area contributed by atoms with Crippen molar-refractivity contribution in [2.45, 2.75) is 39.5 Å². The van der Waals surface area contributed by atoms with Crippen LogP contribution >= 0.6 is 11.6 Å². The molecule has 0 spiro atoms. The summed E-state index contributed by atoms with van der Waals surface area (Å²) in [6, 6.07) is 10.9. The minimum Gasteiger partial charge on any atom is -0.477 e. The van der Waals surface area contributed by atoms with Crippen molar-refractivity contribution >= 4 is 17.6 Å². The van der Waals surface area contributed by atoms with E-state index in [9.17, 15) is 22.8 Å². The van der Waals surface area contributed by atoms with Gasteiger partial charge in [0.05, 0.1) is 5.02 Å². The van der Waals surface area contributed by atoms with Crippen LogP contribution in [-0.2, 0) is 9.53 Å². The summed E-state index contributed by atoms with van der Waals surface area (Å²) in [6.07, 6.45) is -1.69. The fraction of sp³-hybridized carbons (Fsp3) is 0.286. The van der Waals surface area contributed by atoms with Crippen LogP contribution < -0.4 is 10.4 Å². The lowest BCUT2D eigenvalue weighted by molar-refractivity contribution is -0.156. The molecule has 0 aliphatic heterocycles. The predicted octanol–water partition coefficient (Wildman–Crippen LogP) is 4.60. The van der Waals surface area contributed by atoms with Crippen molar-refractivity contribution in [3.8, 4) is 11.4 Å². The van der Waals surface area contributed by atoms with Crippen LogP contribution in [0.15, 0.2) is 47.3 Å². The molecule has 0 saturated heterocycles. The van der Waals surface area contributed by atoms with Gasteiger partial charge in [0.2, 0.25) is 0 Å². The zero-order valence-electron chi connectivity index (χ0n) is 17.3. The van der Waals surface area contributed by atoms with Crippen LogP contribution in [0, 0.1) is 12.7 Å². The Labute approximate surface area is 185 Å². The molecular weight excluding hydrogens is 451 g/mol. The number of carbonyl (C=O) groups is 1. The average molecular weight is 470 g/mol. The van der Waals surface area contributed by atoms with Crippen LogP contribution in [0.3, 0.4) is 0 Å². The zero-order chi connectivity index (χ0) is 23.6. The van der Waals surface area contributed by atoms with Gasteiger partial charge in [0.15, 0.2) is 11.9 Å². The van der Waals surface area contributed by atoms with Crippen molar-refractivity contribution in [3.63, 3.8) is 0 Å². The zero-order valence-corrected chi connectivity index (χ0v) is 18.0. The second kappa shape index (κ2) is 9.47. The summed E-state index contributed by atoms with van der Waals surface area (Å²) in [5.74, 6) is -2.17. The van der Waals surface area contributed by atoms with Gasteiger partial charge in [-0.05, 0) is 32.4 Å². The number of alkyl halides is 2. The van der Waals surface area contributed by atoms with Crippen molar-refractivity contribution < 1.29 is 27.4 Å². The Kier molecular flexibility index (Phi) is 6.93. The highest BCUT2D eigenvalue weighted by molar-refractivity contribution is 6.32. The molecule has 2 unspecified atom stereocenters. The van der Waals surface area contributed by atoms with E-state index in [0.29, 0.717) is 4.68 Å². The van der Waals surface area contributed by atoms with Crippen LogP contribution in [0.25, 0.3) is 5.69 Å². The molecule has 7 nitrogen and oxygen atoms in total. The summed E-state index contributed by atoms with van der Waals surface area (Å²) < 4.78 is 52.1. The van der Waals surface area contributed by atoms with E-state index >= 15 is 0 Å². The molecule has 2 atom stereocenters. The lowest BCUT2D eigenvalue weighted by atomic mass is 10.1. The molecule has 32 heavy (non-hydrogen) atoms. The number of hydrogen-bond donors (Lipinski definition) is 0. The smallest absolute Gasteiger partial charge is 0.355 e. The predicted molar refractivity (Wildman–Crippen MR) is 110 cm³/mol. The van der Waals surface area contributed by atoms with Gasteiger partial charge in [0.1, 0.15) is 23.4 Å². The number of nitrogens with zero attached hydrogens (tertiary/aromatic N) is 3. The Morgan fingerprint density at radius 3 is 2.41 bits per heavy atom. The number of rotatable bonds is 7. The van der Waals surface area contributed by atoms with Crippen molar-refractivity contribution in [1.82, 2.24) is 14.3 Å². The molecule has 1 aromatic heterocycles. The SMILES string of the molecule is Cc1nn(-c2cc(OC(C)C(=O)OC(C)c3ccccc3)c(Cl)cc2F)c(=O)n1C(F)F. The first-order valence-corrected chi connectivity index (χ1v) is 9.85. The second-order valence-corrected chi connectivity index (χ2v) is 7.28. The molecule has 0 bridgehead atoms. The summed E-state index contributed by atoms with van der Waals surface area (Å²) in [4.78, 5) is 24.7. The van der Waals surface area contributed by atoms with E-state index in [1.54, 1.807) is 31.2 Å². The van der Waals surface area contributed by atoms with Gasteiger partial charge in [-0.2, -0.15) is 13.5 Å². The standard InChI is InChI=1S/C21H19ClF3N3O4/c1-11(14-7-5-4-6-8-14)32-19(29)12(2)31-18-10-17(16(23)9-15(18)22)28-21(30)27(20(24)25)13(3)26-28/h4-12,20H,1-3H3. The third kappa shape index (κ3) is 4.80. The molecule has 0 N–H and O–H groups in total. The van der Waals surface area contributed by atoms with Crippen LogP contribution in [0.2, 0.25) is 5.02 Å². The van der Waals surface area contributed by atoms with E-state index in [4.69, 9.17) is 21.1 Å². The van der Waals surface area contributed by atoms with Gasteiger partial charge in [-0.15, -0.1) is 5.10 Å². The van der Waals surface area contributed by atoms with E-state index < -0.39 is 41.9 Å². The Morgan fingerprint density at radius 1 is 1.16 bits per heavy atom. The molecule has 2 aromatic carbocycles. The first kappa shape index (κ1) is 23.4. The van der Waals surface area contributed by atoms with Gasteiger partial charge >= 0.3 is 18.2 Å². The van der Waals surface area contributed by atoms with Gasteiger partial charge in [0, 0.05) is 6.07 Å². The molecule has 0 saturated carbocycles. The monoisotopic (exact) mass is 469 g/mol. The van der Waals surface area contributed by atoms with Crippen LogP contribution in [0.1, 0.15) is 37.9 Å².